The summed E-state index contributed by atoms with van der Waals surface area (Å²) in [5.74, 6) is 0. The second kappa shape index (κ2) is 6.06. The largest absolute Gasteiger partial charge is 0.307 e. The van der Waals surface area contributed by atoms with E-state index >= 15 is 0 Å². The number of piperazine rings is 1. The lowest BCUT2D eigenvalue weighted by Gasteiger charge is -2.43. The SMILES string of the molecule is CCC1CNC(c2ccccc2)CN1CC(C)(C)C. The van der Waals surface area contributed by atoms with Gasteiger partial charge < -0.3 is 5.32 Å². The van der Waals surface area contributed by atoms with E-state index in [1.165, 1.54) is 18.5 Å². The van der Waals surface area contributed by atoms with Crippen LogP contribution in [0.3, 0.4) is 0 Å². The minimum atomic E-state index is 0.367. The van der Waals surface area contributed by atoms with Gasteiger partial charge in [-0.25, -0.2) is 0 Å². The Morgan fingerprint density at radius 3 is 2.47 bits per heavy atom. The van der Waals surface area contributed by atoms with E-state index in [9.17, 15) is 0 Å². The predicted molar refractivity (Wildman–Crippen MR) is 82.3 cm³/mol. The van der Waals surface area contributed by atoms with Gasteiger partial charge in [-0.3, -0.25) is 4.90 Å². The Kier molecular flexibility index (Phi) is 4.64. The summed E-state index contributed by atoms with van der Waals surface area (Å²) in [4.78, 5) is 2.67. The van der Waals surface area contributed by atoms with Crippen LogP contribution in [0.15, 0.2) is 30.3 Å². The summed E-state index contributed by atoms with van der Waals surface area (Å²) in [5, 5.41) is 3.71. The van der Waals surface area contributed by atoms with Crippen LogP contribution in [-0.4, -0.2) is 30.6 Å². The quantitative estimate of drug-likeness (QED) is 0.895. The van der Waals surface area contributed by atoms with Gasteiger partial charge in [0.2, 0.25) is 0 Å². The molecule has 2 unspecified atom stereocenters. The molecule has 1 aromatic rings. The zero-order chi connectivity index (χ0) is 13.9. The highest BCUT2D eigenvalue weighted by Gasteiger charge is 2.29. The lowest BCUT2D eigenvalue weighted by molar-refractivity contribution is 0.0878. The maximum atomic E-state index is 3.71. The molecule has 106 valence electrons. The number of benzene rings is 1. The van der Waals surface area contributed by atoms with E-state index in [1.807, 2.05) is 0 Å². The molecule has 1 heterocycles. The van der Waals surface area contributed by atoms with Crippen molar-refractivity contribution in [3.8, 4) is 0 Å². The molecule has 0 radical (unpaired) electrons. The van der Waals surface area contributed by atoms with Gasteiger partial charge in [0.15, 0.2) is 0 Å². The van der Waals surface area contributed by atoms with Crippen LogP contribution in [0.25, 0.3) is 0 Å². The van der Waals surface area contributed by atoms with Crippen molar-refractivity contribution in [1.29, 1.82) is 0 Å². The highest BCUT2D eigenvalue weighted by molar-refractivity contribution is 5.20. The zero-order valence-electron chi connectivity index (χ0n) is 12.8. The molecule has 0 spiro atoms. The van der Waals surface area contributed by atoms with Crippen molar-refractivity contribution in [2.75, 3.05) is 19.6 Å². The highest BCUT2D eigenvalue weighted by Crippen LogP contribution is 2.25. The number of rotatable bonds is 3. The van der Waals surface area contributed by atoms with Gasteiger partial charge in [-0.15, -0.1) is 0 Å². The van der Waals surface area contributed by atoms with Gasteiger partial charge in [-0.05, 0) is 17.4 Å². The van der Waals surface area contributed by atoms with Crippen molar-refractivity contribution >= 4 is 0 Å². The molecule has 1 fully saturated rings. The molecule has 0 saturated carbocycles. The van der Waals surface area contributed by atoms with Crippen LogP contribution < -0.4 is 5.32 Å². The summed E-state index contributed by atoms with van der Waals surface area (Å²) in [6.07, 6.45) is 1.23. The molecule has 0 aromatic heterocycles. The smallest absolute Gasteiger partial charge is 0.0449 e. The van der Waals surface area contributed by atoms with E-state index in [0.29, 0.717) is 17.5 Å². The minimum Gasteiger partial charge on any atom is -0.307 e. The lowest BCUT2D eigenvalue weighted by atomic mass is 9.92. The summed E-state index contributed by atoms with van der Waals surface area (Å²) < 4.78 is 0. The van der Waals surface area contributed by atoms with Gasteiger partial charge in [0.1, 0.15) is 0 Å². The number of nitrogens with zero attached hydrogens (tertiary/aromatic N) is 1. The summed E-state index contributed by atoms with van der Waals surface area (Å²) in [7, 11) is 0. The van der Waals surface area contributed by atoms with Gasteiger partial charge in [0, 0.05) is 31.7 Å². The van der Waals surface area contributed by atoms with E-state index in [4.69, 9.17) is 0 Å². The first-order valence-corrected chi connectivity index (χ1v) is 7.52. The Morgan fingerprint density at radius 2 is 1.89 bits per heavy atom. The molecular formula is C17H28N2. The molecule has 1 saturated heterocycles. The average molecular weight is 260 g/mol. The first-order chi connectivity index (χ1) is 8.99. The topological polar surface area (TPSA) is 15.3 Å². The predicted octanol–water partition coefficient (Wildman–Crippen LogP) is 3.46. The molecule has 1 aliphatic rings. The molecule has 0 amide bonds. The second-order valence-electron chi connectivity index (χ2n) is 6.92. The van der Waals surface area contributed by atoms with Gasteiger partial charge >= 0.3 is 0 Å². The first kappa shape index (κ1) is 14.5. The maximum absolute atomic E-state index is 3.71. The fourth-order valence-electron chi connectivity index (χ4n) is 2.97. The van der Waals surface area contributed by atoms with Crippen molar-refractivity contribution in [2.45, 2.75) is 46.2 Å². The van der Waals surface area contributed by atoms with Crippen molar-refractivity contribution in [1.82, 2.24) is 10.2 Å². The minimum absolute atomic E-state index is 0.367. The van der Waals surface area contributed by atoms with Crippen LogP contribution in [0, 0.1) is 5.41 Å². The molecule has 2 rings (SSSR count). The molecule has 19 heavy (non-hydrogen) atoms. The number of nitrogens with one attached hydrogen (secondary N) is 1. The normalized spacial score (nSPS) is 25.5. The Hall–Kier alpha value is -0.860. The molecule has 2 nitrogen and oxygen atoms in total. The summed E-state index contributed by atoms with van der Waals surface area (Å²) >= 11 is 0. The first-order valence-electron chi connectivity index (χ1n) is 7.52. The Bertz CT molecular complexity index is 380. The second-order valence-corrected chi connectivity index (χ2v) is 6.92. The maximum Gasteiger partial charge on any atom is 0.0449 e. The third kappa shape index (κ3) is 4.05. The molecule has 0 aliphatic carbocycles. The Labute approximate surface area is 118 Å². The molecule has 2 heteroatoms. The molecule has 2 atom stereocenters. The Morgan fingerprint density at radius 1 is 1.21 bits per heavy atom. The molecular weight excluding hydrogens is 232 g/mol. The standard InChI is InChI=1S/C17H28N2/c1-5-15-11-18-16(14-9-7-6-8-10-14)12-19(15)13-17(2,3)4/h6-10,15-16,18H,5,11-13H2,1-4H3. The number of hydrogen-bond acceptors (Lipinski definition) is 2. The van der Waals surface area contributed by atoms with Gasteiger partial charge in [-0.2, -0.15) is 0 Å². The van der Waals surface area contributed by atoms with Crippen LogP contribution in [-0.2, 0) is 0 Å². The lowest BCUT2D eigenvalue weighted by Crippen LogP contribution is -2.54. The van der Waals surface area contributed by atoms with Crippen LogP contribution >= 0.6 is 0 Å². The fourth-order valence-corrected chi connectivity index (χ4v) is 2.97. The third-order valence-corrected chi connectivity index (χ3v) is 3.88. The summed E-state index contributed by atoms with van der Waals surface area (Å²) in [6.45, 7) is 12.7. The third-order valence-electron chi connectivity index (χ3n) is 3.88. The van der Waals surface area contributed by atoms with Crippen molar-refractivity contribution in [2.24, 2.45) is 5.41 Å². The molecule has 1 N–H and O–H groups in total. The van der Waals surface area contributed by atoms with Crippen LogP contribution in [0.2, 0.25) is 0 Å². The number of hydrogen-bond donors (Lipinski definition) is 1. The molecule has 1 aromatic carbocycles. The highest BCUT2D eigenvalue weighted by atomic mass is 15.2. The Balaban J connectivity index is 2.07. The molecule has 0 bridgehead atoms. The summed E-state index contributed by atoms with van der Waals surface area (Å²) in [5.41, 5.74) is 1.78. The monoisotopic (exact) mass is 260 g/mol. The van der Waals surface area contributed by atoms with E-state index in [1.54, 1.807) is 0 Å². The van der Waals surface area contributed by atoms with E-state index in [-0.39, 0.29) is 0 Å². The zero-order valence-corrected chi connectivity index (χ0v) is 12.8. The van der Waals surface area contributed by atoms with Crippen molar-refractivity contribution in [3.63, 3.8) is 0 Å². The van der Waals surface area contributed by atoms with E-state index < -0.39 is 0 Å². The molecule has 1 aliphatic heterocycles. The summed E-state index contributed by atoms with van der Waals surface area (Å²) in [6, 6.07) is 12.0. The van der Waals surface area contributed by atoms with Crippen LogP contribution in [0.4, 0.5) is 0 Å². The average Bonchev–Trinajstić information content (AvgIpc) is 2.38. The van der Waals surface area contributed by atoms with Gasteiger partial charge in [0.25, 0.3) is 0 Å². The van der Waals surface area contributed by atoms with E-state index in [2.05, 4.69) is 68.2 Å². The van der Waals surface area contributed by atoms with Crippen molar-refractivity contribution < 1.29 is 0 Å². The van der Waals surface area contributed by atoms with E-state index in [0.717, 1.165) is 13.1 Å². The van der Waals surface area contributed by atoms with Crippen LogP contribution in [0.1, 0.15) is 45.7 Å². The van der Waals surface area contributed by atoms with Gasteiger partial charge in [-0.1, -0.05) is 58.0 Å². The van der Waals surface area contributed by atoms with Crippen LogP contribution in [0.5, 0.6) is 0 Å². The van der Waals surface area contributed by atoms with Crippen molar-refractivity contribution in [3.05, 3.63) is 35.9 Å². The van der Waals surface area contributed by atoms with Gasteiger partial charge in [0.05, 0.1) is 0 Å². The fraction of sp³-hybridized carbons (Fsp3) is 0.647.